The second kappa shape index (κ2) is 8.20. The topological polar surface area (TPSA) is 136 Å². The van der Waals surface area contributed by atoms with E-state index >= 15 is 0 Å². The minimum atomic E-state index is -3.94. The average molecular weight is 487 g/mol. The van der Waals surface area contributed by atoms with E-state index in [2.05, 4.69) is 0 Å². The molecule has 4 N–H and O–H groups in total. The molecule has 4 aliphatic rings. The fraction of sp³-hybridized carbons (Fsp3) is 0.520. The van der Waals surface area contributed by atoms with E-state index in [1.165, 1.54) is 0 Å². The number of ether oxygens (including phenoxy) is 4. The Morgan fingerprint density at radius 1 is 0.765 bits per heavy atom. The third kappa shape index (κ3) is 4.31. The third-order valence-electron chi connectivity index (χ3n) is 7.17. The van der Waals surface area contributed by atoms with Gasteiger partial charge in [-0.15, -0.1) is 0 Å². The molecule has 0 spiro atoms. The zero-order valence-corrected chi connectivity index (χ0v) is 20.0. The summed E-state index contributed by atoms with van der Waals surface area (Å²) in [6, 6.07) is 5.09. The fourth-order valence-corrected chi connectivity index (χ4v) is 6.98. The lowest BCUT2D eigenvalue weighted by molar-refractivity contribution is 0.402. The van der Waals surface area contributed by atoms with E-state index < -0.39 is 9.84 Å². The number of nitrogens with two attached hydrogens (primary N) is 2. The van der Waals surface area contributed by atoms with Crippen molar-refractivity contribution in [2.75, 3.05) is 37.9 Å². The van der Waals surface area contributed by atoms with Gasteiger partial charge in [0.25, 0.3) is 0 Å². The highest BCUT2D eigenvalue weighted by atomic mass is 32.2. The van der Waals surface area contributed by atoms with Crippen molar-refractivity contribution in [3.8, 4) is 0 Å². The Kier molecular flexibility index (Phi) is 5.38. The molecule has 4 unspecified atom stereocenters. The molecule has 0 saturated carbocycles. The number of nitrogen functional groups attached to an aromatic ring is 2. The number of epoxide rings is 4. The molecule has 0 radical (unpaired) electrons. The lowest BCUT2D eigenvalue weighted by atomic mass is 9.89. The normalized spacial score (nSPS) is 27.0. The van der Waals surface area contributed by atoms with Gasteiger partial charge in [0.1, 0.15) is 0 Å². The van der Waals surface area contributed by atoms with E-state index in [0.29, 0.717) is 79.5 Å². The van der Waals surface area contributed by atoms with Crippen LogP contribution in [0.3, 0.4) is 0 Å². The van der Waals surface area contributed by atoms with Crippen molar-refractivity contribution in [1.29, 1.82) is 0 Å². The van der Waals surface area contributed by atoms with Crippen molar-refractivity contribution < 1.29 is 27.4 Å². The van der Waals surface area contributed by atoms with E-state index in [4.69, 9.17) is 30.4 Å². The van der Waals surface area contributed by atoms with Crippen LogP contribution < -0.4 is 11.5 Å². The van der Waals surface area contributed by atoms with Crippen LogP contribution in [0.4, 0.5) is 11.4 Å². The highest BCUT2D eigenvalue weighted by Crippen LogP contribution is 2.42. The van der Waals surface area contributed by atoms with Crippen molar-refractivity contribution in [2.45, 2.75) is 66.8 Å². The second-order valence-corrected chi connectivity index (χ2v) is 11.6. The van der Waals surface area contributed by atoms with Crippen LogP contribution in [0.1, 0.15) is 27.8 Å². The largest absolute Gasteiger partial charge is 0.398 e. The van der Waals surface area contributed by atoms with Crippen LogP contribution in [-0.2, 0) is 54.5 Å². The van der Waals surface area contributed by atoms with Gasteiger partial charge in [-0.05, 0) is 46.9 Å². The average Bonchev–Trinajstić information content (AvgIpc) is 3.59. The van der Waals surface area contributed by atoms with Gasteiger partial charge in [-0.2, -0.15) is 0 Å². The number of benzene rings is 2. The molecule has 4 heterocycles. The monoisotopic (exact) mass is 486 g/mol. The van der Waals surface area contributed by atoms with Crippen LogP contribution in [-0.4, -0.2) is 59.3 Å². The molecule has 2 aromatic carbocycles. The first kappa shape index (κ1) is 22.3. The number of hydrogen-bond acceptors (Lipinski definition) is 8. The van der Waals surface area contributed by atoms with Crippen molar-refractivity contribution in [3.63, 3.8) is 0 Å². The molecule has 2 aromatic rings. The maximum absolute atomic E-state index is 14.4. The molecular weight excluding hydrogens is 456 g/mol. The number of hydrogen-bond donors (Lipinski definition) is 2. The summed E-state index contributed by atoms with van der Waals surface area (Å²) in [7, 11) is -3.94. The highest BCUT2D eigenvalue weighted by Gasteiger charge is 2.38. The summed E-state index contributed by atoms with van der Waals surface area (Å²) in [5.41, 5.74) is 18.0. The number of rotatable bonds is 10. The maximum atomic E-state index is 14.4. The summed E-state index contributed by atoms with van der Waals surface area (Å²) in [4.78, 5) is 0.536. The zero-order valence-electron chi connectivity index (χ0n) is 19.2. The summed E-state index contributed by atoms with van der Waals surface area (Å²) in [5.74, 6) is 0. The summed E-state index contributed by atoms with van der Waals surface area (Å²) < 4.78 is 50.8. The van der Waals surface area contributed by atoms with E-state index in [9.17, 15) is 8.42 Å². The second-order valence-electron chi connectivity index (χ2n) is 9.77. The molecule has 34 heavy (non-hydrogen) atoms. The number of anilines is 2. The van der Waals surface area contributed by atoms with Crippen LogP contribution in [0.25, 0.3) is 0 Å². The standard InChI is InChI=1S/C25H30N2O6S/c1-13-18(5-14-9-30-14)24(27)21(8-17-12-33-17)25(19(13)6-15-10-31-15)34(28,29)23-4-2-3-22(26)20(23)7-16-11-32-16/h2-4,14-17H,5-12,26-27H2,1H3. The molecule has 9 heteroatoms. The van der Waals surface area contributed by atoms with Gasteiger partial charge in [-0.1, -0.05) is 6.07 Å². The smallest absolute Gasteiger partial charge is 0.207 e. The first-order valence-electron chi connectivity index (χ1n) is 11.8. The van der Waals surface area contributed by atoms with E-state index in [0.717, 1.165) is 16.7 Å². The van der Waals surface area contributed by atoms with Gasteiger partial charge >= 0.3 is 0 Å². The quantitative estimate of drug-likeness (QED) is 0.383. The molecule has 182 valence electrons. The Hall–Kier alpha value is -2.17. The molecule has 4 fully saturated rings. The van der Waals surface area contributed by atoms with Gasteiger partial charge in [0, 0.05) is 37.1 Å². The predicted octanol–water partition coefficient (Wildman–Crippen LogP) is 1.76. The lowest BCUT2D eigenvalue weighted by Gasteiger charge is -2.24. The summed E-state index contributed by atoms with van der Waals surface area (Å²) in [6.45, 7) is 4.54. The Labute approximate surface area is 199 Å². The third-order valence-corrected chi connectivity index (χ3v) is 9.16. The SMILES string of the molecule is Cc1c(CC2CO2)c(N)c(CC2CO2)c(S(=O)(=O)c2cccc(N)c2CC2CO2)c1CC1CO1. The molecule has 4 saturated heterocycles. The van der Waals surface area contributed by atoms with Gasteiger partial charge in [0.05, 0.1) is 60.6 Å². The molecule has 0 bridgehead atoms. The molecule has 0 amide bonds. The van der Waals surface area contributed by atoms with Gasteiger partial charge in [0.15, 0.2) is 0 Å². The van der Waals surface area contributed by atoms with Crippen molar-refractivity contribution in [1.82, 2.24) is 0 Å². The highest BCUT2D eigenvalue weighted by molar-refractivity contribution is 7.91. The zero-order chi connectivity index (χ0) is 23.6. The number of sulfone groups is 1. The Bertz CT molecular complexity index is 1200. The predicted molar refractivity (Wildman–Crippen MR) is 126 cm³/mol. The summed E-state index contributed by atoms with van der Waals surface area (Å²) in [6.07, 6.45) is 2.28. The van der Waals surface area contributed by atoms with Crippen molar-refractivity contribution >= 4 is 21.2 Å². The molecule has 0 aromatic heterocycles. The van der Waals surface area contributed by atoms with Gasteiger partial charge in [0.2, 0.25) is 9.84 Å². The summed E-state index contributed by atoms with van der Waals surface area (Å²) in [5, 5.41) is 0. The Morgan fingerprint density at radius 2 is 1.24 bits per heavy atom. The van der Waals surface area contributed by atoms with Crippen LogP contribution in [0.2, 0.25) is 0 Å². The van der Waals surface area contributed by atoms with E-state index in [1.807, 2.05) is 6.92 Å². The van der Waals surface area contributed by atoms with Crippen LogP contribution in [0, 0.1) is 6.92 Å². The van der Waals surface area contributed by atoms with Gasteiger partial charge in [-0.3, -0.25) is 0 Å². The van der Waals surface area contributed by atoms with Crippen molar-refractivity contribution in [3.05, 3.63) is 46.0 Å². The van der Waals surface area contributed by atoms with E-state index in [-0.39, 0.29) is 29.3 Å². The molecule has 4 atom stereocenters. The molecule has 0 aliphatic carbocycles. The van der Waals surface area contributed by atoms with Crippen LogP contribution in [0.5, 0.6) is 0 Å². The lowest BCUT2D eigenvalue weighted by Crippen LogP contribution is -2.20. The molecule has 8 nitrogen and oxygen atoms in total. The minimum absolute atomic E-state index is 0.00467. The Morgan fingerprint density at radius 3 is 1.76 bits per heavy atom. The van der Waals surface area contributed by atoms with Gasteiger partial charge in [-0.25, -0.2) is 8.42 Å². The van der Waals surface area contributed by atoms with Crippen LogP contribution >= 0.6 is 0 Å². The van der Waals surface area contributed by atoms with Crippen LogP contribution in [0.15, 0.2) is 28.0 Å². The molecular formula is C25H30N2O6S. The maximum Gasteiger partial charge on any atom is 0.207 e. The fourth-order valence-electron chi connectivity index (χ4n) is 4.89. The van der Waals surface area contributed by atoms with E-state index in [1.54, 1.807) is 18.2 Å². The molecule has 6 rings (SSSR count). The van der Waals surface area contributed by atoms with Gasteiger partial charge < -0.3 is 30.4 Å². The van der Waals surface area contributed by atoms with Crippen molar-refractivity contribution in [2.24, 2.45) is 0 Å². The first-order valence-corrected chi connectivity index (χ1v) is 13.3. The summed E-state index contributed by atoms with van der Waals surface area (Å²) >= 11 is 0. The first-order chi connectivity index (χ1) is 16.3. The Balaban J connectivity index is 1.56. The minimum Gasteiger partial charge on any atom is -0.398 e. The molecule has 4 aliphatic heterocycles.